The van der Waals surface area contributed by atoms with Crippen LogP contribution >= 0.6 is 11.8 Å². The standard InChI is InChI=1S/C21H24N4O3S/c1-4-25(5-2)16-11-10-15(19(12-16)27-3)13-22-24-20(26)14-29-21-23-17-8-6-7-9-18(17)28-21/h6-13H,4-5,14H2,1-3H3,(H,24,26)/b22-13+. The van der Waals surface area contributed by atoms with E-state index in [-0.39, 0.29) is 11.7 Å². The minimum absolute atomic E-state index is 0.155. The highest BCUT2D eigenvalue weighted by molar-refractivity contribution is 7.99. The molecule has 1 N–H and O–H groups in total. The molecular formula is C21H24N4O3S. The van der Waals surface area contributed by atoms with Crippen LogP contribution in [-0.4, -0.2) is 43.1 Å². The van der Waals surface area contributed by atoms with Gasteiger partial charge in [0, 0.05) is 30.4 Å². The monoisotopic (exact) mass is 412 g/mol. The third-order valence-electron chi connectivity index (χ3n) is 4.34. The molecule has 2 aromatic carbocycles. The average molecular weight is 413 g/mol. The van der Waals surface area contributed by atoms with E-state index in [9.17, 15) is 4.79 Å². The van der Waals surface area contributed by atoms with Gasteiger partial charge in [0.15, 0.2) is 5.58 Å². The summed E-state index contributed by atoms with van der Waals surface area (Å²) in [6, 6.07) is 13.4. The van der Waals surface area contributed by atoms with Gasteiger partial charge in [-0.25, -0.2) is 10.4 Å². The number of ether oxygens (including phenoxy) is 1. The Kier molecular flexibility index (Phi) is 7.13. The van der Waals surface area contributed by atoms with Crippen LogP contribution in [0.2, 0.25) is 0 Å². The molecule has 3 rings (SSSR count). The zero-order valence-corrected chi connectivity index (χ0v) is 17.5. The van der Waals surface area contributed by atoms with Crippen LogP contribution in [0.4, 0.5) is 5.69 Å². The van der Waals surface area contributed by atoms with Gasteiger partial charge in [0.25, 0.3) is 11.1 Å². The van der Waals surface area contributed by atoms with E-state index in [1.54, 1.807) is 13.3 Å². The number of oxazole rings is 1. The number of para-hydroxylation sites is 2. The topological polar surface area (TPSA) is 80.0 Å². The molecule has 0 saturated heterocycles. The summed E-state index contributed by atoms with van der Waals surface area (Å²) in [6.07, 6.45) is 1.58. The van der Waals surface area contributed by atoms with E-state index in [1.807, 2.05) is 42.5 Å². The third-order valence-corrected chi connectivity index (χ3v) is 5.17. The average Bonchev–Trinajstić information content (AvgIpc) is 3.17. The van der Waals surface area contributed by atoms with Gasteiger partial charge in [0.2, 0.25) is 0 Å². The van der Waals surface area contributed by atoms with Crippen molar-refractivity contribution in [2.24, 2.45) is 5.10 Å². The lowest BCUT2D eigenvalue weighted by Gasteiger charge is -2.21. The van der Waals surface area contributed by atoms with Crippen LogP contribution in [0.15, 0.2) is 57.2 Å². The summed E-state index contributed by atoms with van der Waals surface area (Å²) in [5, 5.41) is 4.49. The number of thioether (sulfide) groups is 1. The Hall–Kier alpha value is -3.00. The molecule has 1 amide bonds. The lowest BCUT2D eigenvalue weighted by Crippen LogP contribution is -2.22. The number of fused-ring (bicyclic) bond motifs is 1. The van der Waals surface area contributed by atoms with Crippen molar-refractivity contribution in [2.45, 2.75) is 19.1 Å². The molecule has 8 heteroatoms. The first-order valence-electron chi connectivity index (χ1n) is 9.37. The fourth-order valence-electron chi connectivity index (χ4n) is 2.84. The predicted molar refractivity (Wildman–Crippen MR) is 117 cm³/mol. The number of hydrogen-bond acceptors (Lipinski definition) is 7. The minimum Gasteiger partial charge on any atom is -0.496 e. The van der Waals surface area contributed by atoms with Crippen LogP contribution in [0.3, 0.4) is 0 Å². The highest BCUT2D eigenvalue weighted by Crippen LogP contribution is 2.25. The van der Waals surface area contributed by atoms with Crippen LogP contribution in [0.1, 0.15) is 19.4 Å². The van der Waals surface area contributed by atoms with Gasteiger partial charge in [-0.1, -0.05) is 23.9 Å². The molecule has 0 atom stereocenters. The van der Waals surface area contributed by atoms with Crippen molar-refractivity contribution >= 4 is 40.7 Å². The molecule has 29 heavy (non-hydrogen) atoms. The molecule has 7 nitrogen and oxygen atoms in total. The SMILES string of the molecule is CCN(CC)c1ccc(/C=N/NC(=O)CSc2nc3ccccc3o2)c(OC)c1. The van der Waals surface area contributed by atoms with Crippen LogP contribution < -0.4 is 15.1 Å². The largest absolute Gasteiger partial charge is 0.496 e. The lowest BCUT2D eigenvalue weighted by atomic mass is 10.2. The molecule has 1 aromatic heterocycles. The van der Waals surface area contributed by atoms with Crippen molar-refractivity contribution in [1.82, 2.24) is 10.4 Å². The van der Waals surface area contributed by atoms with Crippen LogP contribution in [0, 0.1) is 0 Å². The maximum Gasteiger partial charge on any atom is 0.257 e. The summed E-state index contributed by atoms with van der Waals surface area (Å²) >= 11 is 1.22. The summed E-state index contributed by atoms with van der Waals surface area (Å²) < 4.78 is 11.0. The van der Waals surface area contributed by atoms with Gasteiger partial charge in [-0.05, 0) is 38.1 Å². The number of nitrogens with one attached hydrogen (secondary N) is 1. The van der Waals surface area contributed by atoms with E-state index < -0.39 is 0 Å². The molecule has 3 aromatic rings. The van der Waals surface area contributed by atoms with Gasteiger partial charge in [-0.15, -0.1) is 0 Å². The number of amides is 1. The first-order valence-corrected chi connectivity index (χ1v) is 10.4. The first kappa shape index (κ1) is 20.7. The summed E-state index contributed by atoms with van der Waals surface area (Å²) in [6.45, 7) is 6.06. The molecule has 152 valence electrons. The maximum absolute atomic E-state index is 12.0. The number of carbonyl (C=O) groups is 1. The second-order valence-corrected chi connectivity index (χ2v) is 7.05. The number of hydrazone groups is 1. The van der Waals surface area contributed by atoms with Gasteiger partial charge >= 0.3 is 0 Å². The molecule has 0 bridgehead atoms. The van der Waals surface area contributed by atoms with Crippen LogP contribution in [0.25, 0.3) is 11.1 Å². The molecule has 0 unspecified atom stereocenters. The summed E-state index contributed by atoms with van der Waals surface area (Å²) in [5.41, 5.74) is 5.87. The number of carbonyl (C=O) groups excluding carboxylic acids is 1. The number of benzene rings is 2. The molecule has 0 aliphatic carbocycles. The van der Waals surface area contributed by atoms with Crippen LogP contribution in [0.5, 0.6) is 5.75 Å². The Bertz CT molecular complexity index is 966. The van der Waals surface area contributed by atoms with Gasteiger partial charge in [-0.2, -0.15) is 5.10 Å². The Morgan fingerprint density at radius 2 is 2.07 bits per heavy atom. The summed E-state index contributed by atoms with van der Waals surface area (Å²) in [7, 11) is 1.62. The number of anilines is 1. The number of nitrogens with zero attached hydrogens (tertiary/aromatic N) is 3. The van der Waals surface area contributed by atoms with Gasteiger partial charge in [0.1, 0.15) is 11.3 Å². The fraction of sp³-hybridized carbons (Fsp3) is 0.286. The Morgan fingerprint density at radius 3 is 2.79 bits per heavy atom. The van der Waals surface area contributed by atoms with Crippen molar-refractivity contribution in [3.8, 4) is 5.75 Å². The summed E-state index contributed by atoms with van der Waals surface area (Å²) in [5.74, 6) is 0.614. The molecular weight excluding hydrogens is 388 g/mol. The smallest absolute Gasteiger partial charge is 0.257 e. The van der Waals surface area contributed by atoms with Crippen molar-refractivity contribution in [3.05, 3.63) is 48.0 Å². The molecule has 0 radical (unpaired) electrons. The van der Waals surface area contributed by atoms with Crippen molar-refractivity contribution in [3.63, 3.8) is 0 Å². The Labute approximate surface area is 174 Å². The van der Waals surface area contributed by atoms with E-state index in [0.717, 1.165) is 29.9 Å². The molecule has 1 heterocycles. The normalized spacial score (nSPS) is 11.1. The third kappa shape index (κ3) is 5.29. The maximum atomic E-state index is 12.0. The van der Waals surface area contributed by atoms with Gasteiger partial charge in [-0.3, -0.25) is 4.79 Å². The predicted octanol–water partition coefficient (Wildman–Crippen LogP) is 3.93. The quantitative estimate of drug-likeness (QED) is 0.326. The fourth-order valence-corrected chi connectivity index (χ4v) is 3.47. The summed E-state index contributed by atoms with van der Waals surface area (Å²) in [4.78, 5) is 18.6. The van der Waals surface area contributed by atoms with Crippen molar-refractivity contribution in [2.75, 3.05) is 30.9 Å². The zero-order chi connectivity index (χ0) is 20.6. The highest BCUT2D eigenvalue weighted by atomic mass is 32.2. The number of rotatable bonds is 9. The van der Waals surface area contributed by atoms with E-state index in [0.29, 0.717) is 16.6 Å². The highest BCUT2D eigenvalue weighted by Gasteiger charge is 2.09. The second kappa shape index (κ2) is 9.97. The molecule has 0 fully saturated rings. The zero-order valence-electron chi connectivity index (χ0n) is 16.7. The molecule has 0 spiro atoms. The lowest BCUT2D eigenvalue weighted by molar-refractivity contribution is -0.118. The number of methoxy groups -OCH3 is 1. The van der Waals surface area contributed by atoms with Crippen LogP contribution in [-0.2, 0) is 4.79 Å². The van der Waals surface area contributed by atoms with E-state index in [4.69, 9.17) is 9.15 Å². The Balaban J connectivity index is 1.56. The minimum atomic E-state index is -0.243. The van der Waals surface area contributed by atoms with E-state index in [2.05, 4.69) is 34.3 Å². The molecule has 0 saturated carbocycles. The van der Waals surface area contributed by atoms with E-state index >= 15 is 0 Å². The van der Waals surface area contributed by atoms with Crippen molar-refractivity contribution < 1.29 is 13.9 Å². The van der Waals surface area contributed by atoms with Crippen molar-refractivity contribution in [1.29, 1.82) is 0 Å². The second-order valence-electron chi connectivity index (χ2n) is 6.13. The molecule has 0 aliphatic heterocycles. The number of hydrogen-bond donors (Lipinski definition) is 1. The van der Waals surface area contributed by atoms with Gasteiger partial charge < -0.3 is 14.1 Å². The van der Waals surface area contributed by atoms with Gasteiger partial charge in [0.05, 0.1) is 19.1 Å². The van der Waals surface area contributed by atoms with E-state index in [1.165, 1.54) is 11.8 Å². The number of aromatic nitrogens is 1. The first-order chi connectivity index (χ1) is 14.1. The molecule has 0 aliphatic rings. The Morgan fingerprint density at radius 1 is 1.28 bits per heavy atom.